The zero-order valence-electron chi connectivity index (χ0n) is 16.5. The summed E-state index contributed by atoms with van der Waals surface area (Å²) in [5, 5.41) is 0. The van der Waals surface area contributed by atoms with E-state index < -0.39 is 17.9 Å². The molecule has 2 aromatic carbocycles. The topological polar surface area (TPSA) is 0 Å². The monoisotopic (exact) mass is 488 g/mol. The molecule has 0 N–H and O–H groups in total. The van der Waals surface area contributed by atoms with Gasteiger partial charge in [0.2, 0.25) is 0 Å². The van der Waals surface area contributed by atoms with Crippen molar-refractivity contribution >= 4 is 29.2 Å². The Morgan fingerprint density at radius 1 is 0.821 bits per heavy atom. The van der Waals surface area contributed by atoms with Crippen LogP contribution in [0, 0.1) is 0 Å². The van der Waals surface area contributed by atoms with Gasteiger partial charge in [0, 0.05) is 0 Å². The minimum absolute atomic E-state index is 0.411. The summed E-state index contributed by atoms with van der Waals surface area (Å²) in [5.74, 6) is 0.937. The number of hydrogen-bond donors (Lipinski definition) is 0. The van der Waals surface area contributed by atoms with Gasteiger partial charge in [-0.05, 0) is 0 Å². The molecule has 2 aliphatic carbocycles. The fraction of sp³-hybridized carbons (Fsp3) is 0.360. The predicted octanol–water partition coefficient (Wildman–Crippen LogP) is 8.86. The molecular weight excluding hydrogens is 462 g/mol. The molecule has 0 spiro atoms. The molecule has 3 unspecified atom stereocenters. The fourth-order valence-electron chi connectivity index (χ4n) is 4.83. The van der Waals surface area contributed by atoms with E-state index in [1.165, 1.54) is 28.7 Å². The standard InChI is InChI=1S/C15H19.C10H9.2ClH.Zr/c1-2-3-4-5-8-13-11-12-14-9-6-7-10-15(13)14;1-8-6-7-9-4-2-3-5-10(8)9;;;/h4,6-7,9-13H,2-3,5,8H2,1H3;2-8H,1H2;2*1H;/q;;;;+2/p-2. The van der Waals surface area contributed by atoms with Crippen molar-refractivity contribution in [3.63, 3.8) is 0 Å². The summed E-state index contributed by atoms with van der Waals surface area (Å²) < 4.78 is 1.51. The Kier molecular flexibility index (Phi) is 6.66. The number of fused-ring (bicyclic) bond motifs is 2. The number of allylic oxidation sites excluding steroid dienone is 2. The van der Waals surface area contributed by atoms with Crippen LogP contribution >= 0.6 is 17.0 Å². The van der Waals surface area contributed by atoms with Crippen molar-refractivity contribution in [3.05, 3.63) is 82.9 Å². The molecule has 0 heterocycles. The Morgan fingerprint density at radius 2 is 1.39 bits per heavy atom. The summed E-state index contributed by atoms with van der Waals surface area (Å²) in [4.78, 5) is 0. The summed E-state index contributed by atoms with van der Waals surface area (Å²) >= 11 is -3.24. The molecule has 0 amide bonds. The van der Waals surface area contributed by atoms with Crippen molar-refractivity contribution in [1.29, 1.82) is 0 Å². The third-order valence-electron chi connectivity index (χ3n) is 6.36. The molecule has 2 aliphatic rings. The van der Waals surface area contributed by atoms with Gasteiger partial charge in [0.1, 0.15) is 0 Å². The molecule has 0 saturated heterocycles. The van der Waals surface area contributed by atoms with E-state index in [0.29, 0.717) is 15.5 Å². The van der Waals surface area contributed by atoms with Crippen molar-refractivity contribution < 1.29 is 17.9 Å². The van der Waals surface area contributed by atoms with Crippen LogP contribution in [0.2, 0.25) is 7.75 Å². The zero-order chi connectivity index (χ0) is 19.6. The van der Waals surface area contributed by atoms with Gasteiger partial charge in [-0.2, -0.15) is 0 Å². The van der Waals surface area contributed by atoms with Crippen LogP contribution in [0.5, 0.6) is 0 Å². The van der Waals surface area contributed by atoms with Gasteiger partial charge in [0.15, 0.2) is 0 Å². The number of hydrogen-bond acceptors (Lipinski definition) is 0. The van der Waals surface area contributed by atoms with Crippen molar-refractivity contribution in [2.24, 2.45) is 0 Å². The molecule has 3 atom stereocenters. The molecule has 4 rings (SSSR count). The summed E-state index contributed by atoms with van der Waals surface area (Å²) in [6, 6.07) is 17.4. The Morgan fingerprint density at radius 3 is 2.04 bits per heavy atom. The summed E-state index contributed by atoms with van der Waals surface area (Å²) in [6.45, 7) is 2.26. The van der Waals surface area contributed by atoms with Crippen LogP contribution in [0.4, 0.5) is 0 Å². The molecule has 0 aliphatic heterocycles. The van der Waals surface area contributed by atoms with E-state index in [9.17, 15) is 0 Å². The molecule has 3 heteroatoms. The van der Waals surface area contributed by atoms with Crippen molar-refractivity contribution in [1.82, 2.24) is 0 Å². The number of rotatable bonds is 8. The van der Waals surface area contributed by atoms with Gasteiger partial charge in [-0.15, -0.1) is 0 Å². The van der Waals surface area contributed by atoms with Crippen molar-refractivity contribution in [3.8, 4) is 0 Å². The predicted molar refractivity (Wildman–Crippen MR) is 121 cm³/mol. The fourth-order valence-corrected chi connectivity index (χ4v) is 15.7. The second-order valence-corrected chi connectivity index (χ2v) is 24.1. The van der Waals surface area contributed by atoms with Gasteiger partial charge >= 0.3 is 182 Å². The Hall–Kier alpha value is -0.617. The van der Waals surface area contributed by atoms with E-state index in [4.69, 9.17) is 17.0 Å². The second-order valence-electron chi connectivity index (χ2n) is 8.22. The summed E-state index contributed by atoms with van der Waals surface area (Å²) in [7, 11) is 14.5. The molecule has 0 fully saturated rings. The quantitative estimate of drug-likeness (QED) is 0.347. The van der Waals surface area contributed by atoms with E-state index in [0.717, 1.165) is 23.4 Å². The van der Waals surface area contributed by atoms with Crippen LogP contribution in [0.25, 0.3) is 12.2 Å². The molecule has 0 saturated carbocycles. The van der Waals surface area contributed by atoms with E-state index >= 15 is 0 Å². The van der Waals surface area contributed by atoms with Crippen molar-refractivity contribution in [2.75, 3.05) is 0 Å². The third-order valence-corrected chi connectivity index (χ3v) is 18.6. The van der Waals surface area contributed by atoms with Crippen LogP contribution in [-0.4, -0.2) is 0 Å². The van der Waals surface area contributed by atoms with Crippen LogP contribution in [0.1, 0.15) is 66.7 Å². The first-order valence-electron chi connectivity index (χ1n) is 10.5. The molecule has 28 heavy (non-hydrogen) atoms. The molecule has 0 nitrogen and oxygen atoms in total. The van der Waals surface area contributed by atoms with Crippen molar-refractivity contribution in [2.45, 2.75) is 52.2 Å². The van der Waals surface area contributed by atoms with Crippen LogP contribution in [0.3, 0.4) is 0 Å². The third kappa shape index (κ3) is 4.43. The van der Waals surface area contributed by atoms with Gasteiger partial charge in [0.05, 0.1) is 0 Å². The van der Waals surface area contributed by atoms with E-state index in [2.05, 4.69) is 79.8 Å². The van der Waals surface area contributed by atoms with Gasteiger partial charge in [0.25, 0.3) is 0 Å². The van der Waals surface area contributed by atoms with Crippen LogP contribution in [-0.2, 0) is 17.9 Å². The average molecular weight is 491 g/mol. The number of halogens is 2. The van der Waals surface area contributed by atoms with Gasteiger partial charge in [-0.25, -0.2) is 0 Å². The molecule has 0 radical (unpaired) electrons. The average Bonchev–Trinajstić information content (AvgIpc) is 3.29. The van der Waals surface area contributed by atoms with E-state index in [1.807, 2.05) is 0 Å². The first-order chi connectivity index (χ1) is 13.6. The molecule has 146 valence electrons. The molecule has 0 bridgehead atoms. The molecule has 2 aromatic rings. The first kappa shape index (κ1) is 20.6. The SMILES string of the molecule is CCC[CH](CCC1C=Cc2ccccc21)[Zr]([Cl])([Cl])[CH2]C1C=Cc2ccccc21. The van der Waals surface area contributed by atoms with Gasteiger partial charge < -0.3 is 0 Å². The second kappa shape index (κ2) is 9.03. The van der Waals surface area contributed by atoms with Crippen LogP contribution in [0.15, 0.2) is 60.7 Å². The molecular formula is C25H28Cl2Zr. The number of benzene rings is 2. The Bertz CT molecular complexity index is 884. The maximum absolute atomic E-state index is 7.24. The zero-order valence-corrected chi connectivity index (χ0v) is 20.4. The van der Waals surface area contributed by atoms with E-state index in [-0.39, 0.29) is 0 Å². The van der Waals surface area contributed by atoms with Gasteiger partial charge in [-0.1, -0.05) is 0 Å². The summed E-state index contributed by atoms with van der Waals surface area (Å²) in [6.07, 6.45) is 13.8. The maximum atomic E-state index is 7.24. The summed E-state index contributed by atoms with van der Waals surface area (Å²) in [5.41, 5.74) is 5.59. The molecule has 0 aromatic heterocycles. The minimum atomic E-state index is -3.24. The normalized spacial score (nSPS) is 21.0. The Labute approximate surface area is 181 Å². The Balaban J connectivity index is 1.44. The first-order valence-corrected chi connectivity index (χ1v) is 20.0. The van der Waals surface area contributed by atoms with Crippen LogP contribution < -0.4 is 0 Å². The van der Waals surface area contributed by atoms with Gasteiger partial charge in [-0.3, -0.25) is 0 Å². The van der Waals surface area contributed by atoms with E-state index in [1.54, 1.807) is 0 Å².